The van der Waals surface area contributed by atoms with E-state index in [0.29, 0.717) is 0 Å². The summed E-state index contributed by atoms with van der Waals surface area (Å²) in [5.41, 5.74) is 0. The van der Waals surface area contributed by atoms with Gasteiger partial charge in [0.1, 0.15) is 0 Å². The summed E-state index contributed by atoms with van der Waals surface area (Å²) in [6.45, 7) is 2.08. The SMILES string of the molecule is CCC(S)C[Si](OC)(OC)OC. The predicted molar refractivity (Wildman–Crippen MR) is 54.7 cm³/mol. The molecule has 5 heteroatoms. The van der Waals surface area contributed by atoms with Gasteiger partial charge in [0.25, 0.3) is 0 Å². The zero-order valence-electron chi connectivity index (χ0n) is 8.16. The number of hydrogen-bond acceptors (Lipinski definition) is 4. The Morgan fingerprint density at radius 3 is 1.83 bits per heavy atom. The fourth-order valence-electron chi connectivity index (χ4n) is 0.933. The quantitative estimate of drug-likeness (QED) is 0.533. The highest BCUT2D eigenvalue weighted by Crippen LogP contribution is 2.20. The molecule has 74 valence electrons. The topological polar surface area (TPSA) is 27.7 Å². The van der Waals surface area contributed by atoms with Gasteiger partial charge in [-0.1, -0.05) is 6.92 Å². The summed E-state index contributed by atoms with van der Waals surface area (Å²) in [4.78, 5) is 0. The second-order valence-corrected chi connectivity index (χ2v) is 6.29. The molecule has 0 aromatic heterocycles. The van der Waals surface area contributed by atoms with Gasteiger partial charge in [-0.25, -0.2) is 0 Å². The average Bonchev–Trinajstić information content (AvgIpc) is 2.14. The minimum atomic E-state index is -2.38. The predicted octanol–water partition coefficient (Wildman–Crippen LogP) is 1.57. The van der Waals surface area contributed by atoms with E-state index in [2.05, 4.69) is 19.6 Å². The summed E-state index contributed by atoms with van der Waals surface area (Å²) in [6, 6.07) is 0.760. The molecule has 1 atom stereocenters. The zero-order chi connectivity index (χ0) is 9.61. The molecule has 0 aromatic rings. The number of hydrogen-bond donors (Lipinski definition) is 1. The highest BCUT2D eigenvalue weighted by atomic mass is 32.1. The normalized spacial score (nSPS) is 14.8. The molecule has 0 spiro atoms. The highest BCUT2D eigenvalue weighted by Gasteiger charge is 2.39. The van der Waals surface area contributed by atoms with Crippen molar-refractivity contribution in [3.8, 4) is 0 Å². The molecule has 0 saturated carbocycles. The van der Waals surface area contributed by atoms with E-state index >= 15 is 0 Å². The molecule has 0 radical (unpaired) electrons. The van der Waals surface area contributed by atoms with Gasteiger partial charge in [0.05, 0.1) is 0 Å². The number of thiol groups is 1. The summed E-state index contributed by atoms with van der Waals surface area (Å²) in [5, 5.41) is 0.288. The molecule has 0 heterocycles. The second-order valence-electron chi connectivity index (χ2n) is 2.56. The van der Waals surface area contributed by atoms with Crippen molar-refractivity contribution in [2.45, 2.75) is 24.6 Å². The molecule has 0 aliphatic rings. The molecule has 0 fully saturated rings. The van der Waals surface area contributed by atoms with E-state index in [-0.39, 0.29) is 5.25 Å². The lowest BCUT2D eigenvalue weighted by Crippen LogP contribution is -2.44. The summed E-state index contributed by atoms with van der Waals surface area (Å²) in [7, 11) is 2.48. The molecule has 0 aliphatic heterocycles. The van der Waals surface area contributed by atoms with Crippen molar-refractivity contribution in [2.24, 2.45) is 0 Å². The van der Waals surface area contributed by atoms with Crippen molar-refractivity contribution in [3.63, 3.8) is 0 Å². The van der Waals surface area contributed by atoms with Crippen molar-refractivity contribution in [1.82, 2.24) is 0 Å². The highest BCUT2D eigenvalue weighted by molar-refractivity contribution is 7.81. The van der Waals surface area contributed by atoms with Crippen LogP contribution in [0.4, 0.5) is 0 Å². The summed E-state index contributed by atoms with van der Waals surface area (Å²) >= 11 is 4.38. The van der Waals surface area contributed by atoms with Crippen molar-refractivity contribution >= 4 is 21.4 Å². The molecule has 0 rings (SSSR count). The maximum absolute atomic E-state index is 5.25. The monoisotopic (exact) mass is 210 g/mol. The molecule has 0 saturated heterocycles. The Morgan fingerprint density at radius 1 is 1.17 bits per heavy atom. The van der Waals surface area contributed by atoms with Crippen LogP contribution in [0.15, 0.2) is 0 Å². The molecule has 0 amide bonds. The second kappa shape index (κ2) is 5.99. The molecule has 1 unspecified atom stereocenters. The van der Waals surface area contributed by atoms with E-state index in [9.17, 15) is 0 Å². The van der Waals surface area contributed by atoms with E-state index in [4.69, 9.17) is 13.3 Å². The smallest absolute Gasteiger partial charge is 0.377 e. The molecule has 0 N–H and O–H groups in total. The van der Waals surface area contributed by atoms with E-state index in [1.54, 1.807) is 21.3 Å². The molecular weight excluding hydrogens is 192 g/mol. The van der Waals surface area contributed by atoms with Crippen LogP contribution >= 0.6 is 12.6 Å². The maximum atomic E-state index is 5.25. The molecular formula is C7H18O3SSi. The molecule has 0 aromatic carbocycles. The van der Waals surface area contributed by atoms with Crippen LogP contribution in [-0.2, 0) is 13.3 Å². The van der Waals surface area contributed by atoms with Gasteiger partial charge < -0.3 is 13.3 Å². The Morgan fingerprint density at radius 2 is 1.58 bits per heavy atom. The van der Waals surface area contributed by atoms with Crippen molar-refractivity contribution < 1.29 is 13.3 Å². The van der Waals surface area contributed by atoms with Crippen molar-refractivity contribution in [3.05, 3.63) is 0 Å². The third-order valence-electron chi connectivity index (χ3n) is 1.89. The lowest BCUT2D eigenvalue weighted by Gasteiger charge is -2.26. The lowest BCUT2D eigenvalue weighted by molar-refractivity contribution is 0.123. The van der Waals surface area contributed by atoms with E-state index < -0.39 is 8.80 Å². The third-order valence-corrected chi connectivity index (χ3v) is 5.64. The Bertz CT molecular complexity index is 111. The summed E-state index contributed by atoms with van der Waals surface area (Å²) in [5.74, 6) is 0. The van der Waals surface area contributed by atoms with Crippen LogP contribution in [0.3, 0.4) is 0 Å². The van der Waals surface area contributed by atoms with E-state index in [1.807, 2.05) is 0 Å². The zero-order valence-corrected chi connectivity index (χ0v) is 10.1. The first-order valence-corrected chi connectivity index (χ1v) is 6.42. The maximum Gasteiger partial charge on any atom is 0.501 e. The van der Waals surface area contributed by atoms with E-state index in [1.165, 1.54) is 0 Å². The van der Waals surface area contributed by atoms with Gasteiger partial charge in [0.2, 0.25) is 0 Å². The van der Waals surface area contributed by atoms with Crippen LogP contribution in [0.2, 0.25) is 6.04 Å². The Balaban J connectivity index is 4.09. The van der Waals surface area contributed by atoms with Crippen molar-refractivity contribution in [1.29, 1.82) is 0 Å². The van der Waals surface area contributed by atoms with Crippen LogP contribution in [0, 0.1) is 0 Å². The minimum Gasteiger partial charge on any atom is -0.377 e. The van der Waals surface area contributed by atoms with Crippen LogP contribution in [0.1, 0.15) is 13.3 Å². The van der Waals surface area contributed by atoms with E-state index in [0.717, 1.165) is 12.5 Å². The van der Waals surface area contributed by atoms with Gasteiger partial charge in [-0.05, 0) is 6.42 Å². The van der Waals surface area contributed by atoms with Crippen molar-refractivity contribution in [2.75, 3.05) is 21.3 Å². The molecule has 0 aliphatic carbocycles. The fraction of sp³-hybridized carbons (Fsp3) is 1.00. The van der Waals surface area contributed by atoms with Gasteiger partial charge >= 0.3 is 8.80 Å². The van der Waals surface area contributed by atoms with Gasteiger partial charge in [-0.2, -0.15) is 12.6 Å². The molecule has 12 heavy (non-hydrogen) atoms. The van der Waals surface area contributed by atoms with Crippen LogP contribution in [-0.4, -0.2) is 35.4 Å². The third kappa shape index (κ3) is 3.45. The van der Waals surface area contributed by atoms with Gasteiger partial charge in [-0.3, -0.25) is 0 Å². The Labute approximate surface area is 81.2 Å². The van der Waals surface area contributed by atoms with Gasteiger partial charge in [-0.15, -0.1) is 0 Å². The number of rotatable bonds is 6. The Hall–Kier alpha value is 0.447. The first-order valence-electron chi connectivity index (χ1n) is 3.97. The first kappa shape index (κ1) is 12.4. The van der Waals surface area contributed by atoms with Gasteiger partial charge in [0, 0.05) is 32.6 Å². The standard InChI is InChI=1S/C7H18O3SSi/c1-5-7(11)6-12(8-2,9-3)10-4/h7,11H,5-6H2,1-4H3. The summed E-state index contributed by atoms with van der Waals surface area (Å²) in [6.07, 6.45) is 0.994. The minimum absolute atomic E-state index is 0.288. The fourth-order valence-corrected chi connectivity index (χ4v) is 3.47. The van der Waals surface area contributed by atoms with Crippen LogP contribution in [0.5, 0.6) is 0 Å². The summed E-state index contributed by atoms with van der Waals surface area (Å²) < 4.78 is 15.8. The molecule has 0 bridgehead atoms. The lowest BCUT2D eigenvalue weighted by atomic mass is 10.4. The average molecular weight is 210 g/mol. The molecule has 3 nitrogen and oxygen atoms in total. The van der Waals surface area contributed by atoms with Gasteiger partial charge in [0.15, 0.2) is 0 Å². The van der Waals surface area contributed by atoms with Crippen LogP contribution in [0.25, 0.3) is 0 Å². The van der Waals surface area contributed by atoms with Crippen LogP contribution < -0.4 is 0 Å². The first-order chi connectivity index (χ1) is 5.64. The Kier molecular flexibility index (Phi) is 6.21. The largest absolute Gasteiger partial charge is 0.501 e.